The van der Waals surface area contributed by atoms with Gasteiger partial charge in [-0.05, 0) is 217 Å². The number of nitrogens with zero attached hydrogens (tertiary/aromatic N) is 2. The van der Waals surface area contributed by atoms with E-state index in [1.807, 2.05) is 0 Å². The van der Waals surface area contributed by atoms with Crippen molar-refractivity contribution in [3.8, 4) is 11.1 Å². The van der Waals surface area contributed by atoms with Crippen molar-refractivity contribution in [1.29, 1.82) is 0 Å². The van der Waals surface area contributed by atoms with E-state index in [0.717, 1.165) is 34.1 Å². The van der Waals surface area contributed by atoms with Crippen molar-refractivity contribution in [3.05, 3.63) is 236 Å². The zero-order chi connectivity index (χ0) is 42.2. The van der Waals surface area contributed by atoms with Crippen LogP contribution in [0.4, 0.5) is 34.1 Å². The zero-order valence-corrected chi connectivity index (χ0v) is 36.6. The van der Waals surface area contributed by atoms with Gasteiger partial charge in [0.25, 0.3) is 0 Å². The lowest BCUT2D eigenvalue weighted by Gasteiger charge is -2.36. The molecular formula is C59H52N2. The van der Waals surface area contributed by atoms with Gasteiger partial charge in [-0.2, -0.15) is 0 Å². The summed E-state index contributed by atoms with van der Waals surface area (Å²) in [5, 5.41) is 0. The maximum absolute atomic E-state index is 2.47. The Bertz CT molecular complexity index is 2780. The molecule has 2 heteroatoms. The fraction of sp³-hybridized carbons (Fsp3) is 0.153. The second-order valence-electron chi connectivity index (χ2n) is 17.5. The number of fused-ring (bicyclic) bond motifs is 9. The summed E-state index contributed by atoms with van der Waals surface area (Å²) in [5.74, 6) is 0. The van der Waals surface area contributed by atoms with Crippen LogP contribution in [0, 0.1) is 55.4 Å². The molecule has 1 spiro atoms. The summed E-state index contributed by atoms with van der Waals surface area (Å²) in [5.41, 5.74) is 26.8. The van der Waals surface area contributed by atoms with Crippen LogP contribution in [0.3, 0.4) is 0 Å². The third kappa shape index (κ3) is 6.15. The first kappa shape index (κ1) is 38.3. The molecule has 8 aromatic carbocycles. The van der Waals surface area contributed by atoms with Crippen LogP contribution < -0.4 is 9.80 Å². The molecule has 0 fully saturated rings. The first-order valence-electron chi connectivity index (χ1n) is 21.6. The Morgan fingerprint density at radius 2 is 0.574 bits per heavy atom. The van der Waals surface area contributed by atoms with E-state index in [1.165, 1.54) is 89.0 Å². The van der Waals surface area contributed by atoms with E-state index in [2.05, 4.69) is 235 Å². The monoisotopic (exact) mass is 788 g/mol. The smallest absolute Gasteiger partial charge is 0.0725 e. The Morgan fingerprint density at radius 1 is 0.279 bits per heavy atom. The highest BCUT2D eigenvalue weighted by Crippen LogP contribution is 2.60. The Balaban J connectivity index is 1.29. The van der Waals surface area contributed by atoms with Crippen LogP contribution in [-0.4, -0.2) is 0 Å². The number of hydrogen-bond donors (Lipinski definition) is 0. The van der Waals surface area contributed by atoms with Crippen molar-refractivity contribution in [2.24, 2.45) is 0 Å². The molecule has 0 N–H and O–H groups in total. The highest BCUT2D eigenvalue weighted by molar-refractivity contribution is 5.95. The van der Waals surface area contributed by atoms with Crippen molar-refractivity contribution in [2.75, 3.05) is 9.80 Å². The first-order valence-corrected chi connectivity index (χ1v) is 21.6. The molecule has 0 unspecified atom stereocenters. The van der Waals surface area contributed by atoms with Crippen LogP contribution in [0.2, 0.25) is 0 Å². The Morgan fingerprint density at radius 3 is 0.902 bits per heavy atom. The fourth-order valence-electron chi connectivity index (χ4n) is 9.81. The van der Waals surface area contributed by atoms with Gasteiger partial charge >= 0.3 is 0 Å². The van der Waals surface area contributed by atoms with Gasteiger partial charge in [0, 0.05) is 34.1 Å². The summed E-state index contributed by atoms with van der Waals surface area (Å²) in [4.78, 5) is 4.89. The SMILES string of the molecule is Cc1ccc(N(c2ccc(C)c(C)c2)c2ccc3c(c2)-c2cc(N(c4ccc(C)c(C)c4)c4ccc(C)c(C)c4)ccc2C32c3ccccc3C=Cc3ccccc32)cc1C. The van der Waals surface area contributed by atoms with Gasteiger partial charge in [-0.1, -0.05) is 97.1 Å². The van der Waals surface area contributed by atoms with Crippen LogP contribution in [0.5, 0.6) is 0 Å². The predicted molar refractivity (Wildman–Crippen MR) is 260 cm³/mol. The summed E-state index contributed by atoms with van der Waals surface area (Å²) in [6, 6.07) is 60.0. The Hall–Kier alpha value is -6.90. The minimum atomic E-state index is -0.546. The third-order valence-corrected chi connectivity index (χ3v) is 13.8. The lowest BCUT2D eigenvalue weighted by atomic mass is 9.66. The van der Waals surface area contributed by atoms with E-state index < -0.39 is 5.41 Å². The van der Waals surface area contributed by atoms with Crippen LogP contribution in [0.1, 0.15) is 77.9 Å². The van der Waals surface area contributed by atoms with Crippen molar-refractivity contribution in [2.45, 2.75) is 60.8 Å². The molecule has 61 heavy (non-hydrogen) atoms. The number of rotatable bonds is 6. The van der Waals surface area contributed by atoms with Crippen molar-refractivity contribution < 1.29 is 0 Å². The van der Waals surface area contributed by atoms with Gasteiger partial charge in [0.05, 0.1) is 5.41 Å². The zero-order valence-electron chi connectivity index (χ0n) is 36.6. The second-order valence-corrected chi connectivity index (χ2v) is 17.5. The average Bonchev–Trinajstić information content (AvgIpc) is 3.45. The lowest BCUT2D eigenvalue weighted by Crippen LogP contribution is -2.30. The standard InChI is InChI=1S/C59H52N2/c1-37-17-23-47(31-41(37)5)60(48-24-18-38(2)42(6)32-48)51-27-29-57-53(35-51)54-36-52(61(49-25-19-39(3)43(7)33-49)50-26-20-40(4)44(8)34-50)28-30-58(54)59(57)55-15-11-9-13-45(55)21-22-46-14-10-12-16-56(46)59/h9-36H,1-8H3. The molecule has 10 rings (SSSR count). The molecule has 2 nitrogen and oxygen atoms in total. The molecule has 2 aliphatic rings. The Kier molecular flexibility index (Phi) is 9.22. The molecule has 0 radical (unpaired) electrons. The Labute approximate surface area is 362 Å². The summed E-state index contributed by atoms with van der Waals surface area (Å²) in [7, 11) is 0. The van der Waals surface area contributed by atoms with Crippen LogP contribution in [0.25, 0.3) is 23.3 Å². The topological polar surface area (TPSA) is 6.48 Å². The van der Waals surface area contributed by atoms with Gasteiger partial charge in [-0.25, -0.2) is 0 Å². The highest BCUT2D eigenvalue weighted by atomic mass is 15.1. The van der Waals surface area contributed by atoms with Gasteiger partial charge in [0.15, 0.2) is 0 Å². The quantitative estimate of drug-likeness (QED) is 0.166. The molecule has 0 bridgehead atoms. The largest absolute Gasteiger partial charge is 0.310 e. The molecule has 0 aromatic heterocycles. The summed E-state index contributed by atoms with van der Waals surface area (Å²) in [6.07, 6.45) is 4.62. The van der Waals surface area contributed by atoms with Crippen LogP contribution in [-0.2, 0) is 5.41 Å². The normalized spacial score (nSPS) is 13.0. The molecule has 298 valence electrons. The molecule has 0 heterocycles. The minimum absolute atomic E-state index is 0.546. The highest BCUT2D eigenvalue weighted by Gasteiger charge is 2.49. The van der Waals surface area contributed by atoms with Gasteiger partial charge in [0.1, 0.15) is 0 Å². The van der Waals surface area contributed by atoms with E-state index in [1.54, 1.807) is 0 Å². The van der Waals surface area contributed by atoms with E-state index >= 15 is 0 Å². The molecular weight excluding hydrogens is 737 g/mol. The summed E-state index contributed by atoms with van der Waals surface area (Å²) in [6.45, 7) is 17.6. The second kappa shape index (κ2) is 14.7. The third-order valence-electron chi connectivity index (χ3n) is 13.8. The van der Waals surface area contributed by atoms with E-state index in [0.29, 0.717) is 0 Å². The molecule has 2 aliphatic carbocycles. The van der Waals surface area contributed by atoms with E-state index in [-0.39, 0.29) is 0 Å². The van der Waals surface area contributed by atoms with Gasteiger partial charge in [-0.15, -0.1) is 0 Å². The molecule has 0 atom stereocenters. The summed E-state index contributed by atoms with van der Waals surface area (Å²) >= 11 is 0. The molecule has 0 aliphatic heterocycles. The average molecular weight is 789 g/mol. The summed E-state index contributed by atoms with van der Waals surface area (Å²) < 4.78 is 0. The minimum Gasteiger partial charge on any atom is -0.310 e. The lowest BCUT2D eigenvalue weighted by molar-refractivity contribution is 0.766. The first-order chi connectivity index (χ1) is 29.5. The maximum atomic E-state index is 2.47. The number of benzene rings is 8. The van der Waals surface area contributed by atoms with Crippen molar-refractivity contribution in [3.63, 3.8) is 0 Å². The molecule has 0 saturated carbocycles. The fourth-order valence-corrected chi connectivity index (χ4v) is 9.81. The molecule has 0 amide bonds. The number of aryl methyl sites for hydroxylation is 8. The van der Waals surface area contributed by atoms with Crippen molar-refractivity contribution in [1.82, 2.24) is 0 Å². The van der Waals surface area contributed by atoms with E-state index in [9.17, 15) is 0 Å². The van der Waals surface area contributed by atoms with Gasteiger partial charge < -0.3 is 9.80 Å². The number of hydrogen-bond acceptors (Lipinski definition) is 2. The molecule has 8 aromatic rings. The van der Waals surface area contributed by atoms with Crippen LogP contribution >= 0.6 is 0 Å². The maximum Gasteiger partial charge on any atom is 0.0725 e. The molecule has 0 saturated heterocycles. The van der Waals surface area contributed by atoms with Gasteiger partial charge in [0.2, 0.25) is 0 Å². The van der Waals surface area contributed by atoms with Crippen molar-refractivity contribution >= 4 is 46.3 Å². The van der Waals surface area contributed by atoms with Crippen LogP contribution in [0.15, 0.2) is 158 Å². The number of anilines is 6. The van der Waals surface area contributed by atoms with E-state index in [4.69, 9.17) is 0 Å². The van der Waals surface area contributed by atoms with Gasteiger partial charge in [-0.3, -0.25) is 0 Å². The predicted octanol–water partition coefficient (Wildman–Crippen LogP) is 15.9.